The molecule has 0 saturated carbocycles. The predicted octanol–water partition coefficient (Wildman–Crippen LogP) is 2.34. The van der Waals surface area contributed by atoms with Crippen LogP contribution in [0.1, 0.15) is 43.0 Å². The van der Waals surface area contributed by atoms with Crippen molar-refractivity contribution in [3.05, 3.63) is 36.2 Å². The minimum absolute atomic E-state index is 0.0532. The summed E-state index contributed by atoms with van der Waals surface area (Å²) in [5, 5.41) is 6.69. The molecule has 2 saturated heterocycles. The molecule has 2 amide bonds. The molecule has 1 N–H and O–H groups in total. The molecule has 0 unspecified atom stereocenters. The van der Waals surface area contributed by atoms with E-state index in [1.807, 2.05) is 41.0 Å². The highest BCUT2D eigenvalue weighted by atomic mass is 16.2. The number of nitrogens with zero attached hydrogens (tertiary/aromatic N) is 4. The van der Waals surface area contributed by atoms with E-state index < -0.39 is 0 Å². The number of aromatic nitrogens is 3. The van der Waals surface area contributed by atoms with Crippen molar-refractivity contribution in [1.29, 1.82) is 0 Å². The summed E-state index contributed by atoms with van der Waals surface area (Å²) in [7, 11) is 0. The Morgan fingerprint density at radius 1 is 1.22 bits per heavy atom. The Morgan fingerprint density at radius 2 is 2.04 bits per heavy atom. The van der Waals surface area contributed by atoms with Crippen LogP contribution in [0.3, 0.4) is 0 Å². The fraction of sp³-hybridized carbons (Fsp3) is 0.500. The number of piperidine rings is 2. The Morgan fingerprint density at radius 3 is 2.74 bits per heavy atom. The van der Waals surface area contributed by atoms with Crippen LogP contribution in [0.5, 0.6) is 0 Å². The quantitative estimate of drug-likeness (QED) is 0.903. The molecule has 0 bridgehead atoms. The van der Waals surface area contributed by atoms with Crippen molar-refractivity contribution in [2.75, 3.05) is 26.2 Å². The van der Waals surface area contributed by atoms with Crippen LogP contribution in [-0.4, -0.2) is 63.0 Å². The summed E-state index contributed by atoms with van der Waals surface area (Å²) in [4.78, 5) is 33.2. The van der Waals surface area contributed by atoms with Gasteiger partial charge in [0.2, 0.25) is 5.91 Å². The maximum absolute atomic E-state index is 13.0. The van der Waals surface area contributed by atoms with Gasteiger partial charge in [0, 0.05) is 49.1 Å². The predicted molar refractivity (Wildman–Crippen MR) is 101 cm³/mol. The van der Waals surface area contributed by atoms with Gasteiger partial charge in [-0.3, -0.25) is 14.7 Å². The third-order valence-electron chi connectivity index (χ3n) is 5.90. The highest BCUT2D eigenvalue weighted by Gasteiger charge is 2.42. The van der Waals surface area contributed by atoms with E-state index in [2.05, 4.69) is 15.2 Å². The van der Waals surface area contributed by atoms with Crippen LogP contribution in [-0.2, 0) is 4.79 Å². The molecular formula is C20H25N5O2. The van der Waals surface area contributed by atoms with Crippen LogP contribution in [0, 0.1) is 5.41 Å². The van der Waals surface area contributed by atoms with Gasteiger partial charge in [-0.05, 0) is 38.3 Å². The van der Waals surface area contributed by atoms with Crippen LogP contribution < -0.4 is 0 Å². The van der Waals surface area contributed by atoms with Gasteiger partial charge in [-0.1, -0.05) is 12.1 Å². The summed E-state index contributed by atoms with van der Waals surface area (Å²) in [5.41, 5.74) is 1.65. The van der Waals surface area contributed by atoms with Crippen molar-refractivity contribution in [2.24, 2.45) is 5.41 Å². The van der Waals surface area contributed by atoms with Crippen molar-refractivity contribution in [2.45, 2.75) is 32.6 Å². The second kappa shape index (κ2) is 7.13. The smallest absolute Gasteiger partial charge is 0.253 e. The topological polar surface area (TPSA) is 82.2 Å². The summed E-state index contributed by atoms with van der Waals surface area (Å²) in [6, 6.07) is 7.49. The van der Waals surface area contributed by atoms with Gasteiger partial charge < -0.3 is 9.80 Å². The molecular weight excluding hydrogens is 342 g/mol. The summed E-state index contributed by atoms with van der Waals surface area (Å²) >= 11 is 0. The van der Waals surface area contributed by atoms with Gasteiger partial charge in [-0.2, -0.15) is 5.10 Å². The first kappa shape index (κ1) is 17.7. The maximum atomic E-state index is 13.0. The van der Waals surface area contributed by atoms with Crippen LogP contribution in [0.2, 0.25) is 0 Å². The average Bonchev–Trinajstić information content (AvgIpc) is 3.25. The largest absolute Gasteiger partial charge is 0.342 e. The number of likely N-dealkylation sites (tertiary alicyclic amines) is 2. The van der Waals surface area contributed by atoms with E-state index in [4.69, 9.17) is 0 Å². The highest BCUT2D eigenvalue weighted by molar-refractivity contribution is 5.94. The zero-order valence-electron chi connectivity index (χ0n) is 15.6. The van der Waals surface area contributed by atoms with Crippen molar-refractivity contribution in [1.82, 2.24) is 25.0 Å². The minimum Gasteiger partial charge on any atom is -0.342 e. The molecule has 7 heteroatoms. The van der Waals surface area contributed by atoms with E-state index in [1.54, 1.807) is 0 Å². The summed E-state index contributed by atoms with van der Waals surface area (Å²) in [6.45, 7) is 5.07. The number of hydrogen-bond acceptors (Lipinski definition) is 4. The zero-order valence-corrected chi connectivity index (χ0v) is 15.6. The number of benzene rings is 1. The molecule has 4 rings (SSSR count). The van der Waals surface area contributed by atoms with Gasteiger partial charge in [0.1, 0.15) is 6.33 Å². The third kappa shape index (κ3) is 3.46. The van der Waals surface area contributed by atoms with Crippen molar-refractivity contribution < 1.29 is 9.59 Å². The summed E-state index contributed by atoms with van der Waals surface area (Å²) in [5.74, 6) is 1.00. The number of aromatic amines is 1. The van der Waals surface area contributed by atoms with Crippen LogP contribution in [0.25, 0.3) is 11.4 Å². The lowest BCUT2D eigenvalue weighted by Gasteiger charge is -2.48. The van der Waals surface area contributed by atoms with E-state index >= 15 is 0 Å². The number of amides is 2. The average molecular weight is 367 g/mol. The molecule has 142 valence electrons. The lowest BCUT2D eigenvalue weighted by molar-refractivity contribution is -0.138. The molecule has 0 aliphatic carbocycles. The first-order valence-electron chi connectivity index (χ1n) is 9.63. The lowest BCUT2D eigenvalue weighted by Crippen LogP contribution is -2.55. The van der Waals surface area contributed by atoms with Crippen molar-refractivity contribution in [3.8, 4) is 11.4 Å². The van der Waals surface area contributed by atoms with E-state index in [9.17, 15) is 9.59 Å². The molecule has 2 aliphatic heterocycles. The van der Waals surface area contributed by atoms with Gasteiger partial charge >= 0.3 is 0 Å². The Labute approximate surface area is 158 Å². The highest BCUT2D eigenvalue weighted by Crippen LogP contribution is 2.39. The number of carbonyl (C=O) groups excluding carboxylic acids is 2. The normalized spacial score (nSPS) is 23.1. The lowest BCUT2D eigenvalue weighted by atomic mass is 9.73. The van der Waals surface area contributed by atoms with Crippen LogP contribution in [0.15, 0.2) is 30.6 Å². The molecule has 1 spiro atoms. The second-order valence-electron chi connectivity index (χ2n) is 7.65. The first-order chi connectivity index (χ1) is 13.1. The molecule has 27 heavy (non-hydrogen) atoms. The fourth-order valence-corrected chi connectivity index (χ4v) is 4.40. The molecule has 3 heterocycles. The number of carbonyl (C=O) groups is 2. The molecule has 1 aromatic heterocycles. The Hall–Kier alpha value is -2.70. The fourth-order valence-electron chi connectivity index (χ4n) is 4.40. The first-order valence-corrected chi connectivity index (χ1v) is 9.63. The molecule has 1 atom stereocenters. The maximum Gasteiger partial charge on any atom is 0.253 e. The van der Waals surface area contributed by atoms with E-state index in [0.717, 1.165) is 51.0 Å². The molecule has 7 nitrogen and oxygen atoms in total. The molecule has 2 aromatic rings. The van der Waals surface area contributed by atoms with Gasteiger partial charge in [0.05, 0.1) is 0 Å². The SMILES string of the molecule is CCN1C[C@]2(CCCN(C(=O)c3ccc(-c4ncn[nH]4)cc3)C2)CCC1=O. The van der Waals surface area contributed by atoms with Crippen LogP contribution >= 0.6 is 0 Å². The standard InChI is InChI=1S/C20H25N5O2/c1-2-24-12-20(10-8-17(24)26)9-3-11-25(13-20)19(27)16-6-4-15(5-7-16)18-21-14-22-23-18/h4-7,14H,2-3,8-13H2,1H3,(H,21,22,23)/t20-/m0/s1. The Kier molecular flexibility index (Phi) is 4.68. The number of rotatable bonds is 3. The van der Waals surface area contributed by atoms with E-state index in [-0.39, 0.29) is 17.2 Å². The zero-order chi connectivity index (χ0) is 18.9. The van der Waals surface area contributed by atoms with Gasteiger partial charge in [-0.15, -0.1) is 0 Å². The van der Waals surface area contributed by atoms with E-state index in [0.29, 0.717) is 17.8 Å². The van der Waals surface area contributed by atoms with Crippen molar-refractivity contribution in [3.63, 3.8) is 0 Å². The molecule has 1 aromatic carbocycles. The number of H-pyrrole nitrogens is 1. The second-order valence-corrected chi connectivity index (χ2v) is 7.65. The molecule has 0 radical (unpaired) electrons. The van der Waals surface area contributed by atoms with Gasteiger partial charge in [0.15, 0.2) is 5.82 Å². The summed E-state index contributed by atoms with van der Waals surface area (Å²) in [6.07, 6.45) is 5.03. The summed E-state index contributed by atoms with van der Waals surface area (Å²) < 4.78 is 0. The minimum atomic E-state index is 0.0532. The number of hydrogen-bond donors (Lipinski definition) is 1. The number of nitrogens with one attached hydrogen (secondary N) is 1. The molecule has 2 fully saturated rings. The van der Waals surface area contributed by atoms with Gasteiger partial charge in [-0.25, -0.2) is 4.98 Å². The van der Waals surface area contributed by atoms with Crippen LogP contribution in [0.4, 0.5) is 0 Å². The molecule has 2 aliphatic rings. The van der Waals surface area contributed by atoms with Gasteiger partial charge in [0.25, 0.3) is 5.91 Å². The Balaban J connectivity index is 1.48. The van der Waals surface area contributed by atoms with E-state index in [1.165, 1.54) is 6.33 Å². The van der Waals surface area contributed by atoms with Crippen molar-refractivity contribution >= 4 is 11.8 Å². The third-order valence-corrected chi connectivity index (χ3v) is 5.90. The monoisotopic (exact) mass is 367 g/mol. The Bertz CT molecular complexity index is 817.